The van der Waals surface area contributed by atoms with Crippen LogP contribution in [-0.2, 0) is 142 Å². The Morgan fingerprint density at radius 2 is 0.566 bits per heavy atom. The molecule has 8 aromatic rings. The van der Waals surface area contributed by atoms with Crippen molar-refractivity contribution in [3.05, 3.63) is 220 Å². The van der Waals surface area contributed by atoms with Gasteiger partial charge in [-0.2, -0.15) is 0 Å². The van der Waals surface area contributed by atoms with E-state index >= 15 is 0 Å². The number of methoxy groups -OCH3 is 10. The predicted molar refractivity (Wildman–Crippen MR) is 507 cm³/mol. The van der Waals surface area contributed by atoms with Crippen LogP contribution in [0.4, 0.5) is 0 Å². The Morgan fingerprint density at radius 1 is 0.279 bits per heavy atom. The summed E-state index contributed by atoms with van der Waals surface area (Å²) in [5, 5.41) is 80.6. The van der Waals surface area contributed by atoms with Gasteiger partial charge in [-0.1, -0.05) is 36.4 Å². The van der Waals surface area contributed by atoms with Crippen LogP contribution in [0.2, 0.25) is 0 Å². The predicted octanol–water partition coefficient (Wildman–Crippen LogP) is 9.68. The molecule has 0 saturated carbocycles. The summed E-state index contributed by atoms with van der Waals surface area (Å²) in [5.74, 6) is 12.0. The normalized spacial score (nSPS) is 19.4. The van der Waals surface area contributed by atoms with Gasteiger partial charge < -0.3 is 125 Å². The molecular weight excluding hydrogens is 1750 g/mol. The molecule has 0 fully saturated rings. The summed E-state index contributed by atoms with van der Waals surface area (Å²) in [7, 11) is 24.7. The first-order valence-corrected chi connectivity index (χ1v) is 46.1. The Bertz CT molecular complexity index is 5260. The van der Waals surface area contributed by atoms with Crippen LogP contribution in [-0.4, -0.2) is 261 Å². The summed E-state index contributed by atoms with van der Waals surface area (Å²) in [6.07, 6.45) is 7.78. The van der Waals surface area contributed by atoms with Crippen molar-refractivity contribution >= 4 is 23.9 Å². The van der Waals surface area contributed by atoms with E-state index in [0.29, 0.717) is 185 Å². The molecule has 732 valence electrons. The van der Waals surface area contributed by atoms with Gasteiger partial charge >= 0.3 is 23.9 Å². The summed E-state index contributed by atoms with van der Waals surface area (Å²) in [6.45, 7) is 4.63. The van der Waals surface area contributed by atoms with E-state index in [1.165, 1.54) is 18.2 Å². The molecule has 4 aliphatic heterocycles. The largest absolute Gasteiger partial charge is 0.496 e. The molecule has 30 heteroatoms. The first-order valence-electron chi connectivity index (χ1n) is 46.1. The summed E-state index contributed by atoms with van der Waals surface area (Å²) >= 11 is 0. The highest BCUT2D eigenvalue weighted by Crippen LogP contribution is 2.48. The second-order valence-electron chi connectivity index (χ2n) is 36.0. The van der Waals surface area contributed by atoms with E-state index in [4.69, 9.17) is 66.3 Å². The van der Waals surface area contributed by atoms with Crippen molar-refractivity contribution in [3.63, 3.8) is 0 Å². The molecule has 0 aliphatic carbocycles. The number of nitrogens with zero attached hydrogens (tertiary/aromatic N) is 4. The first kappa shape index (κ1) is 105. The number of hydrogen-bond acceptors (Lipinski definition) is 26. The Labute approximate surface area is 797 Å². The summed E-state index contributed by atoms with van der Waals surface area (Å²) in [6, 6.07) is 35.5. The van der Waals surface area contributed by atoms with Crippen LogP contribution in [0.3, 0.4) is 0 Å². The maximum Gasteiger partial charge on any atom is 0.384 e. The average Bonchev–Trinajstić information content (AvgIpc) is 0.766. The van der Waals surface area contributed by atoms with E-state index in [1.807, 2.05) is 91.0 Å². The van der Waals surface area contributed by atoms with Gasteiger partial charge in [0.25, 0.3) is 0 Å². The minimum atomic E-state index is -0.837. The minimum Gasteiger partial charge on any atom is -0.496 e. The molecule has 8 atom stereocenters. The van der Waals surface area contributed by atoms with Crippen LogP contribution < -0.4 is 47.4 Å². The molecule has 12 rings (SSSR count). The van der Waals surface area contributed by atoms with E-state index in [1.54, 1.807) is 64.0 Å². The molecule has 4 heterocycles. The molecule has 0 spiro atoms. The molecule has 30 nitrogen and oxygen atoms in total. The third kappa shape index (κ3) is 25.0. The number of quaternary nitrogens is 4. The number of fused-ring (bicyclic) bond motifs is 4. The van der Waals surface area contributed by atoms with Gasteiger partial charge in [-0.25, -0.2) is 19.2 Å². The zero-order valence-corrected chi connectivity index (χ0v) is 81.0. The van der Waals surface area contributed by atoms with Gasteiger partial charge in [0.15, 0.2) is 46.0 Å². The Morgan fingerprint density at radius 3 is 0.904 bits per heavy atom. The van der Waals surface area contributed by atoms with Crippen LogP contribution in [0.1, 0.15) is 161 Å². The minimum absolute atomic E-state index is 0.0202. The van der Waals surface area contributed by atoms with Crippen molar-refractivity contribution in [2.45, 2.75) is 154 Å². The lowest BCUT2D eigenvalue weighted by atomic mass is 9.83. The maximum absolute atomic E-state index is 12.8. The van der Waals surface area contributed by atoms with Gasteiger partial charge in [0, 0.05) is 140 Å². The third-order valence-corrected chi connectivity index (χ3v) is 28.0. The molecule has 0 aromatic heterocycles. The van der Waals surface area contributed by atoms with Crippen molar-refractivity contribution in [2.24, 2.45) is 0 Å². The molecular formula is C106H136N4O26+4. The van der Waals surface area contributed by atoms with Crippen molar-refractivity contribution in [1.82, 2.24) is 0 Å². The monoisotopic (exact) mass is 1880 g/mol. The van der Waals surface area contributed by atoms with Crippen LogP contribution in [0.25, 0.3) is 0 Å². The van der Waals surface area contributed by atoms with Crippen LogP contribution >= 0.6 is 0 Å². The van der Waals surface area contributed by atoms with Gasteiger partial charge in [-0.3, -0.25) is 0 Å². The van der Waals surface area contributed by atoms with Crippen molar-refractivity contribution in [2.75, 3.05) is 178 Å². The van der Waals surface area contributed by atoms with Gasteiger partial charge in [0.05, 0.1) is 231 Å². The number of aliphatic hydroxyl groups is 8. The molecule has 4 aliphatic rings. The number of benzene rings is 8. The summed E-state index contributed by atoms with van der Waals surface area (Å²) in [5.41, 5.74) is 18.2. The van der Waals surface area contributed by atoms with E-state index in [9.17, 15) is 60.0 Å². The second kappa shape index (κ2) is 48.8. The van der Waals surface area contributed by atoms with Gasteiger partial charge in [-0.15, -0.1) is 0 Å². The number of aliphatic hydroxyl groups excluding tert-OH is 8. The Kier molecular flexibility index (Phi) is 37.6. The molecule has 0 saturated heterocycles. The Balaban J connectivity index is 0.000000262. The standard InChI is InChI=1S/C54H70N2O14.C52H66N2O12/c1-55(16-12-37-26-39(30-57)40(31-58)27-43(37)46(55)22-35-20-41(32-59)45(34-61)48(24-35)64-3)14-8-18-69-52(62)10-11-53(63)70-19-9-15-56(2)17-13-38-28-49(65-4)50(66-5)29-44(38)47(56)23-36-21-42(33-60)54(68-7)51(25-36)67-6;1-53(20-16-37-28-40(33-56)41(34-57)29-42(37)44(53)24-35-10-12-39(32-55)47(26-35)61-4)18-8-22-65-51(58)14-15-52(59)66-23-9-19-54(2)21-17-38-30-49(63-6)50(64-7)31-43(38)45(54)25-36-11-13-46(60-3)48(27-36)62-5/h20-21,24-29,46-47,57-61H,8-9,12-19,22-23,30-34H2,1-7H3;10-13,26-31,44-45,55-57H,8-9,16-25,32-34H2,1-7H3/q2*+2/t46-,47-,55-,56-;44-,45-,53-,54-/m11/s1. The van der Waals surface area contributed by atoms with Gasteiger partial charge in [-0.05, 0) is 145 Å². The van der Waals surface area contributed by atoms with Gasteiger partial charge in [0.2, 0.25) is 0 Å². The fraction of sp³-hybridized carbons (Fsp3) is 0.472. The molecule has 0 bridgehead atoms. The Hall–Kier alpha value is -11.7. The zero-order chi connectivity index (χ0) is 98.0. The fourth-order valence-electron chi connectivity index (χ4n) is 20.3. The highest BCUT2D eigenvalue weighted by atomic mass is 16.6. The van der Waals surface area contributed by atoms with Crippen molar-refractivity contribution in [1.29, 1.82) is 0 Å². The van der Waals surface area contributed by atoms with E-state index < -0.39 is 23.9 Å². The van der Waals surface area contributed by atoms with Gasteiger partial charge in [0.1, 0.15) is 35.7 Å². The number of carbonyl (C=O) groups excluding carboxylic acids is 4. The molecule has 0 radical (unpaired) electrons. The van der Waals surface area contributed by atoms with E-state index in [-0.39, 0.29) is 103 Å². The lowest BCUT2D eigenvalue weighted by Gasteiger charge is -2.46. The first-order chi connectivity index (χ1) is 65.6. The smallest absolute Gasteiger partial charge is 0.384 e. The third-order valence-electron chi connectivity index (χ3n) is 28.0. The molecule has 136 heavy (non-hydrogen) atoms. The molecule has 0 amide bonds. The van der Waals surface area contributed by atoms with Crippen LogP contribution in [0, 0.1) is 23.7 Å². The fourth-order valence-corrected chi connectivity index (χ4v) is 20.3. The molecule has 8 N–H and O–H groups in total. The summed E-state index contributed by atoms with van der Waals surface area (Å²) in [4.78, 5) is 51.0. The number of ether oxygens (including phenoxy) is 14. The molecule has 0 unspecified atom stereocenters. The lowest BCUT2D eigenvalue weighted by molar-refractivity contribution is -0.941. The highest BCUT2D eigenvalue weighted by molar-refractivity contribution is 5.99. The second-order valence-corrected chi connectivity index (χ2v) is 36.0. The van der Waals surface area contributed by atoms with Crippen molar-refractivity contribution in [3.8, 4) is 81.2 Å². The zero-order valence-electron chi connectivity index (χ0n) is 81.0. The summed E-state index contributed by atoms with van der Waals surface area (Å²) < 4.78 is 80.6. The van der Waals surface area contributed by atoms with Crippen LogP contribution in [0.15, 0.2) is 109 Å². The maximum atomic E-state index is 12.8. The quantitative estimate of drug-likeness (QED) is 0.00440. The van der Waals surface area contributed by atoms with E-state index in [0.717, 1.165) is 120 Å². The number of carbonyl (C=O) groups is 4. The number of esters is 4. The molecule has 8 aromatic carbocycles. The SMILES string of the molecule is COc1cc(C[C@@H]2c3cc(CO)c(CO)cc3CC[N@@+]2(C)CCCOC(=O)C#CC(=O)OCCC[N@+]2(C)CCc3cc(OC)c(OC)cc3[C@H]2Cc2ccc(OC)c(OC)c2)ccc1CO.COc1cc2c(cc1OC)[C@@H](Cc1cc(CO)c(OC)c(OC)c1)[N@+](C)(CCCOC(=O)C#CC(=O)OCCC[N@+]1(C)CCc3cc(CO)c(CO)cc3[C@H]1Cc1cc(CO)c(CO)c(OC)c1)CC2. The average molecular weight is 1880 g/mol. The van der Waals surface area contributed by atoms with E-state index in [2.05, 4.69) is 70.1 Å². The van der Waals surface area contributed by atoms with Crippen LogP contribution in [0.5, 0.6) is 57.5 Å². The van der Waals surface area contributed by atoms with Crippen molar-refractivity contribution < 1.29 is 144 Å². The number of rotatable bonds is 42. The number of hydrogen-bond donors (Lipinski definition) is 8. The lowest BCUT2D eigenvalue weighted by Crippen LogP contribution is -2.52. The topological polar surface area (TPSA) is 359 Å². The number of likely N-dealkylation sites (N-methyl/N-ethyl adjacent to an activating group) is 4. The highest BCUT2D eigenvalue weighted by Gasteiger charge is 2.45.